The van der Waals surface area contributed by atoms with Crippen molar-refractivity contribution in [3.8, 4) is 0 Å². The van der Waals surface area contributed by atoms with Gasteiger partial charge in [0.15, 0.2) is 10.9 Å². The predicted octanol–water partition coefficient (Wildman–Crippen LogP) is 1.98. The molecule has 2 saturated heterocycles. The van der Waals surface area contributed by atoms with Gasteiger partial charge in [-0.1, -0.05) is 11.8 Å². The van der Waals surface area contributed by atoms with Crippen LogP contribution in [-0.4, -0.2) is 73.4 Å². The summed E-state index contributed by atoms with van der Waals surface area (Å²) in [6.07, 6.45) is 0. The Morgan fingerprint density at radius 2 is 1.79 bits per heavy atom. The molecule has 0 aliphatic carbocycles. The number of morpholine rings is 2. The topological polar surface area (TPSA) is 80.9 Å². The molecule has 2 aliphatic rings. The zero-order valence-electron chi connectivity index (χ0n) is 15.9. The van der Waals surface area contributed by atoms with Crippen LogP contribution in [0.1, 0.15) is 22.0 Å². The molecule has 150 valence electrons. The normalized spacial score (nSPS) is 17.8. The summed E-state index contributed by atoms with van der Waals surface area (Å²) in [5.74, 6) is 2.53. The summed E-state index contributed by atoms with van der Waals surface area (Å²) < 4.78 is 16.5. The number of hydrogen-bond donors (Lipinski definition) is 0. The van der Waals surface area contributed by atoms with Crippen molar-refractivity contribution < 1.29 is 18.7 Å². The monoisotopic (exact) mass is 404 g/mol. The molecule has 0 atom stereocenters. The number of hydrogen-bond acceptors (Lipinski definition) is 8. The van der Waals surface area contributed by atoms with Gasteiger partial charge in [-0.25, -0.2) is 9.97 Å². The highest BCUT2D eigenvalue weighted by molar-refractivity contribution is 7.98. The first-order valence-electron chi connectivity index (χ1n) is 9.46. The maximum atomic E-state index is 12.5. The lowest BCUT2D eigenvalue weighted by atomic mass is 10.3. The molecule has 0 spiro atoms. The molecule has 2 fully saturated rings. The van der Waals surface area contributed by atoms with E-state index >= 15 is 0 Å². The van der Waals surface area contributed by atoms with Crippen molar-refractivity contribution in [2.45, 2.75) is 17.8 Å². The SMILES string of the molecule is Cc1cc(N2CCOCC2)nc(SCc2ccc(C(=O)N3CCOCC3)o2)n1. The average molecular weight is 404 g/mol. The van der Waals surface area contributed by atoms with Crippen LogP contribution in [0.5, 0.6) is 0 Å². The van der Waals surface area contributed by atoms with Crippen molar-refractivity contribution in [2.75, 3.05) is 57.5 Å². The van der Waals surface area contributed by atoms with Gasteiger partial charge in [0.1, 0.15) is 11.6 Å². The molecule has 0 aromatic carbocycles. The van der Waals surface area contributed by atoms with E-state index in [4.69, 9.17) is 13.9 Å². The fraction of sp³-hybridized carbons (Fsp3) is 0.526. The lowest BCUT2D eigenvalue weighted by molar-refractivity contribution is 0.0282. The van der Waals surface area contributed by atoms with Crippen LogP contribution in [0.4, 0.5) is 5.82 Å². The van der Waals surface area contributed by atoms with Gasteiger partial charge in [0.05, 0.1) is 32.2 Å². The van der Waals surface area contributed by atoms with Gasteiger partial charge in [0.25, 0.3) is 5.91 Å². The van der Waals surface area contributed by atoms with Crippen molar-refractivity contribution >= 4 is 23.5 Å². The summed E-state index contributed by atoms with van der Waals surface area (Å²) >= 11 is 1.51. The van der Waals surface area contributed by atoms with Gasteiger partial charge in [-0.3, -0.25) is 4.79 Å². The number of carbonyl (C=O) groups excluding carboxylic acids is 1. The Labute approximate surface area is 168 Å². The van der Waals surface area contributed by atoms with E-state index in [1.165, 1.54) is 11.8 Å². The minimum Gasteiger partial charge on any atom is -0.455 e. The molecule has 0 unspecified atom stereocenters. The van der Waals surface area contributed by atoms with Crippen LogP contribution in [0.2, 0.25) is 0 Å². The van der Waals surface area contributed by atoms with E-state index in [9.17, 15) is 4.79 Å². The molecule has 2 aromatic rings. The van der Waals surface area contributed by atoms with Gasteiger partial charge in [-0.05, 0) is 19.1 Å². The van der Waals surface area contributed by atoms with Crippen LogP contribution in [0.25, 0.3) is 0 Å². The Bertz CT molecular complexity index is 816. The number of amides is 1. The second kappa shape index (κ2) is 8.93. The van der Waals surface area contributed by atoms with E-state index < -0.39 is 0 Å². The molecule has 9 heteroatoms. The highest BCUT2D eigenvalue weighted by Crippen LogP contribution is 2.24. The second-order valence-electron chi connectivity index (χ2n) is 6.71. The Hall–Kier alpha value is -2.10. The van der Waals surface area contributed by atoms with Gasteiger partial charge in [0, 0.05) is 37.9 Å². The molecule has 2 aromatic heterocycles. The van der Waals surface area contributed by atoms with E-state index in [-0.39, 0.29) is 5.91 Å². The molecular weight excluding hydrogens is 380 g/mol. The Kier molecular flexibility index (Phi) is 6.13. The average Bonchev–Trinajstić information content (AvgIpc) is 3.22. The van der Waals surface area contributed by atoms with Gasteiger partial charge in [-0.2, -0.15) is 0 Å². The summed E-state index contributed by atoms with van der Waals surface area (Å²) in [5.41, 5.74) is 0.932. The van der Waals surface area contributed by atoms with Gasteiger partial charge in [-0.15, -0.1) is 0 Å². The first-order chi connectivity index (χ1) is 13.7. The van der Waals surface area contributed by atoms with Crippen LogP contribution in [0.3, 0.4) is 0 Å². The van der Waals surface area contributed by atoms with Crippen LogP contribution >= 0.6 is 11.8 Å². The fourth-order valence-electron chi connectivity index (χ4n) is 3.17. The lowest BCUT2D eigenvalue weighted by Crippen LogP contribution is -2.40. The molecule has 0 bridgehead atoms. The molecule has 8 nitrogen and oxygen atoms in total. The van der Waals surface area contributed by atoms with E-state index in [0.717, 1.165) is 43.6 Å². The molecule has 0 N–H and O–H groups in total. The summed E-state index contributed by atoms with van der Waals surface area (Å²) in [5, 5.41) is 0.707. The number of anilines is 1. The predicted molar refractivity (Wildman–Crippen MR) is 105 cm³/mol. The minimum absolute atomic E-state index is 0.0824. The number of carbonyl (C=O) groups is 1. The Balaban J connectivity index is 1.38. The van der Waals surface area contributed by atoms with E-state index in [2.05, 4.69) is 14.9 Å². The first-order valence-corrected chi connectivity index (χ1v) is 10.4. The number of ether oxygens (including phenoxy) is 2. The zero-order chi connectivity index (χ0) is 19.3. The number of rotatable bonds is 5. The number of aryl methyl sites for hydroxylation is 1. The van der Waals surface area contributed by atoms with Gasteiger partial charge < -0.3 is 23.7 Å². The second-order valence-corrected chi connectivity index (χ2v) is 7.65. The maximum absolute atomic E-state index is 12.5. The fourth-order valence-corrected chi connectivity index (χ4v) is 3.97. The van der Waals surface area contributed by atoms with Crippen molar-refractivity contribution in [3.05, 3.63) is 35.4 Å². The van der Waals surface area contributed by atoms with Crippen molar-refractivity contribution in [1.82, 2.24) is 14.9 Å². The molecule has 4 rings (SSSR count). The summed E-state index contributed by atoms with van der Waals surface area (Å²) in [7, 11) is 0. The Morgan fingerprint density at radius 3 is 2.54 bits per heavy atom. The summed E-state index contributed by atoms with van der Waals surface area (Å²) in [6, 6.07) is 5.59. The van der Waals surface area contributed by atoms with Crippen molar-refractivity contribution in [1.29, 1.82) is 0 Å². The van der Waals surface area contributed by atoms with Gasteiger partial charge >= 0.3 is 0 Å². The molecule has 0 saturated carbocycles. The maximum Gasteiger partial charge on any atom is 0.289 e. The quantitative estimate of drug-likeness (QED) is 0.553. The first kappa shape index (κ1) is 19.2. The molecule has 28 heavy (non-hydrogen) atoms. The largest absolute Gasteiger partial charge is 0.455 e. The number of furan rings is 1. The third kappa shape index (κ3) is 4.65. The number of thioether (sulfide) groups is 1. The number of nitrogens with zero attached hydrogens (tertiary/aromatic N) is 4. The standard InChI is InChI=1S/C19H24N4O4S/c1-14-12-17(22-4-8-25-9-5-22)21-19(20-14)28-13-15-2-3-16(27-15)18(24)23-6-10-26-11-7-23/h2-3,12H,4-11,13H2,1H3. The summed E-state index contributed by atoms with van der Waals surface area (Å²) in [4.78, 5) is 25.7. The van der Waals surface area contributed by atoms with Crippen LogP contribution < -0.4 is 4.90 Å². The van der Waals surface area contributed by atoms with E-state index in [1.807, 2.05) is 19.1 Å². The Morgan fingerprint density at radius 1 is 1.07 bits per heavy atom. The molecular formula is C19H24N4O4S. The third-order valence-corrected chi connectivity index (χ3v) is 5.54. The zero-order valence-corrected chi connectivity index (χ0v) is 16.7. The van der Waals surface area contributed by atoms with Crippen molar-refractivity contribution in [2.24, 2.45) is 0 Å². The highest BCUT2D eigenvalue weighted by Gasteiger charge is 2.21. The molecule has 1 amide bonds. The van der Waals surface area contributed by atoms with Gasteiger partial charge in [0.2, 0.25) is 0 Å². The third-order valence-electron chi connectivity index (χ3n) is 4.67. The highest BCUT2D eigenvalue weighted by atomic mass is 32.2. The van der Waals surface area contributed by atoms with E-state index in [0.29, 0.717) is 43.0 Å². The smallest absolute Gasteiger partial charge is 0.289 e. The van der Waals surface area contributed by atoms with E-state index in [1.54, 1.807) is 11.0 Å². The molecule has 4 heterocycles. The van der Waals surface area contributed by atoms with Crippen LogP contribution in [0, 0.1) is 6.92 Å². The minimum atomic E-state index is -0.0824. The molecule has 0 radical (unpaired) electrons. The molecule has 2 aliphatic heterocycles. The summed E-state index contributed by atoms with van der Waals surface area (Å²) in [6.45, 7) is 7.45. The van der Waals surface area contributed by atoms with Crippen LogP contribution in [-0.2, 0) is 15.2 Å². The lowest BCUT2D eigenvalue weighted by Gasteiger charge is -2.28. The van der Waals surface area contributed by atoms with Crippen LogP contribution in [0.15, 0.2) is 27.8 Å². The van der Waals surface area contributed by atoms with Crippen molar-refractivity contribution in [3.63, 3.8) is 0 Å². The number of aromatic nitrogens is 2.